The monoisotopic (exact) mass is 226 g/mol. The number of carbonyl (C=O) groups excluding carboxylic acids is 1. The number of nitrogens with one attached hydrogen (secondary N) is 2. The molecule has 2 N–H and O–H groups in total. The average molecular weight is 226 g/mol. The molecule has 84 valence electrons. The van der Waals surface area contributed by atoms with Crippen LogP contribution >= 0.6 is 11.3 Å². The lowest BCUT2D eigenvalue weighted by atomic mass is 10.2. The maximum Gasteiger partial charge on any atom is 0.234 e. The molecule has 0 aliphatic heterocycles. The summed E-state index contributed by atoms with van der Waals surface area (Å²) in [6, 6.07) is 4.34. The zero-order valence-corrected chi connectivity index (χ0v) is 10.1. The Kier molecular flexibility index (Phi) is 5.36. The van der Waals surface area contributed by atoms with Crippen LogP contribution in [0.1, 0.15) is 25.1 Å². The highest BCUT2D eigenvalue weighted by Crippen LogP contribution is 2.06. The Bertz CT molecular complexity index is 285. The van der Waals surface area contributed by atoms with Crippen LogP contribution in [0.15, 0.2) is 17.5 Å². The predicted molar refractivity (Wildman–Crippen MR) is 63.9 cm³/mol. The van der Waals surface area contributed by atoms with Gasteiger partial charge >= 0.3 is 0 Å². The van der Waals surface area contributed by atoms with E-state index in [4.69, 9.17) is 0 Å². The molecule has 0 bridgehead atoms. The van der Waals surface area contributed by atoms with Crippen molar-refractivity contribution in [1.29, 1.82) is 0 Å². The van der Waals surface area contributed by atoms with Crippen LogP contribution in [-0.4, -0.2) is 18.5 Å². The fourth-order valence-electron chi connectivity index (χ4n) is 1.14. The van der Waals surface area contributed by atoms with Gasteiger partial charge in [-0.05, 0) is 24.8 Å². The molecule has 0 fully saturated rings. The minimum Gasteiger partial charge on any atom is -0.353 e. The molecular formula is C11H18N2OS. The Balaban J connectivity index is 2.12. The van der Waals surface area contributed by atoms with Gasteiger partial charge in [-0.15, -0.1) is 11.3 Å². The highest BCUT2D eigenvalue weighted by atomic mass is 32.1. The van der Waals surface area contributed by atoms with Gasteiger partial charge in [0.2, 0.25) is 5.91 Å². The first-order chi connectivity index (χ1) is 7.22. The maximum atomic E-state index is 11.4. The van der Waals surface area contributed by atoms with Crippen LogP contribution in [0.3, 0.4) is 0 Å². The van der Waals surface area contributed by atoms with Crippen molar-refractivity contribution in [3.63, 3.8) is 0 Å². The van der Waals surface area contributed by atoms with Gasteiger partial charge in [-0.3, -0.25) is 4.79 Å². The fraction of sp³-hybridized carbons (Fsp3) is 0.545. The molecule has 0 aliphatic carbocycles. The summed E-state index contributed by atoms with van der Waals surface area (Å²) in [5, 5.41) is 8.06. The standard InChI is InChI=1S/C11H18N2OS/c1-3-9(2)13-11(14)8-12-7-10-5-4-6-15-10/h4-6,9,12H,3,7-8H2,1-2H3,(H,13,14). The average Bonchev–Trinajstić information content (AvgIpc) is 2.70. The molecule has 1 aromatic heterocycles. The molecule has 1 rings (SSSR count). The molecule has 0 aromatic carbocycles. The van der Waals surface area contributed by atoms with E-state index in [0.29, 0.717) is 6.54 Å². The van der Waals surface area contributed by atoms with E-state index >= 15 is 0 Å². The third kappa shape index (κ3) is 4.95. The molecule has 0 spiro atoms. The van der Waals surface area contributed by atoms with Gasteiger partial charge in [-0.25, -0.2) is 0 Å². The van der Waals surface area contributed by atoms with Gasteiger partial charge in [-0.1, -0.05) is 13.0 Å². The number of amides is 1. The van der Waals surface area contributed by atoms with Crippen LogP contribution < -0.4 is 10.6 Å². The van der Waals surface area contributed by atoms with E-state index in [1.807, 2.05) is 18.4 Å². The fourth-order valence-corrected chi connectivity index (χ4v) is 1.81. The molecule has 1 aromatic rings. The summed E-state index contributed by atoms with van der Waals surface area (Å²) in [6.07, 6.45) is 0.969. The summed E-state index contributed by atoms with van der Waals surface area (Å²) in [5.74, 6) is 0.0703. The molecule has 15 heavy (non-hydrogen) atoms. The molecule has 0 aliphatic rings. The SMILES string of the molecule is CCC(C)NC(=O)CNCc1cccs1. The first-order valence-corrected chi connectivity index (χ1v) is 6.12. The molecule has 1 unspecified atom stereocenters. The van der Waals surface area contributed by atoms with Crippen LogP contribution in [0.4, 0.5) is 0 Å². The quantitative estimate of drug-likeness (QED) is 0.776. The van der Waals surface area contributed by atoms with Crippen molar-refractivity contribution in [2.45, 2.75) is 32.9 Å². The van der Waals surface area contributed by atoms with E-state index in [9.17, 15) is 4.79 Å². The molecule has 1 atom stereocenters. The normalized spacial score (nSPS) is 12.4. The van der Waals surface area contributed by atoms with E-state index in [-0.39, 0.29) is 11.9 Å². The molecule has 1 heterocycles. The molecule has 4 heteroatoms. The summed E-state index contributed by atoms with van der Waals surface area (Å²) in [4.78, 5) is 12.6. The summed E-state index contributed by atoms with van der Waals surface area (Å²) < 4.78 is 0. The van der Waals surface area contributed by atoms with E-state index < -0.39 is 0 Å². The van der Waals surface area contributed by atoms with Gasteiger partial charge in [0.05, 0.1) is 6.54 Å². The topological polar surface area (TPSA) is 41.1 Å². The lowest BCUT2D eigenvalue weighted by Crippen LogP contribution is -2.38. The van der Waals surface area contributed by atoms with Crippen molar-refractivity contribution in [3.05, 3.63) is 22.4 Å². The van der Waals surface area contributed by atoms with Gasteiger partial charge in [0.25, 0.3) is 0 Å². The predicted octanol–water partition coefficient (Wildman–Crippen LogP) is 1.75. The second-order valence-corrected chi connectivity index (χ2v) is 4.59. The van der Waals surface area contributed by atoms with Crippen molar-refractivity contribution in [1.82, 2.24) is 10.6 Å². The largest absolute Gasteiger partial charge is 0.353 e. The third-order valence-electron chi connectivity index (χ3n) is 2.18. The van der Waals surface area contributed by atoms with Gasteiger partial charge in [0.15, 0.2) is 0 Å². The Morgan fingerprint density at radius 3 is 3.00 bits per heavy atom. The van der Waals surface area contributed by atoms with Crippen LogP contribution in [0.25, 0.3) is 0 Å². The smallest absolute Gasteiger partial charge is 0.234 e. The first kappa shape index (κ1) is 12.2. The van der Waals surface area contributed by atoms with Crippen molar-refractivity contribution >= 4 is 17.2 Å². The van der Waals surface area contributed by atoms with Gasteiger partial charge in [0.1, 0.15) is 0 Å². The third-order valence-corrected chi connectivity index (χ3v) is 3.06. The first-order valence-electron chi connectivity index (χ1n) is 5.24. The lowest BCUT2D eigenvalue weighted by molar-refractivity contribution is -0.120. The molecule has 3 nitrogen and oxygen atoms in total. The number of rotatable bonds is 6. The minimum atomic E-state index is 0.0703. The highest BCUT2D eigenvalue weighted by Gasteiger charge is 2.04. The van der Waals surface area contributed by atoms with Gasteiger partial charge in [-0.2, -0.15) is 0 Å². The van der Waals surface area contributed by atoms with Crippen molar-refractivity contribution in [2.75, 3.05) is 6.54 Å². The second kappa shape index (κ2) is 6.58. The van der Waals surface area contributed by atoms with Gasteiger partial charge < -0.3 is 10.6 Å². The Morgan fingerprint density at radius 2 is 2.40 bits per heavy atom. The molecule has 1 amide bonds. The van der Waals surface area contributed by atoms with Crippen LogP contribution in [0, 0.1) is 0 Å². The van der Waals surface area contributed by atoms with Crippen molar-refractivity contribution in [2.24, 2.45) is 0 Å². The van der Waals surface area contributed by atoms with Crippen LogP contribution in [0.2, 0.25) is 0 Å². The summed E-state index contributed by atoms with van der Waals surface area (Å²) in [5.41, 5.74) is 0. The Hall–Kier alpha value is -0.870. The highest BCUT2D eigenvalue weighted by molar-refractivity contribution is 7.09. The molecule has 0 saturated carbocycles. The Morgan fingerprint density at radius 1 is 1.60 bits per heavy atom. The number of carbonyl (C=O) groups is 1. The van der Waals surface area contributed by atoms with Crippen LogP contribution in [-0.2, 0) is 11.3 Å². The van der Waals surface area contributed by atoms with E-state index in [0.717, 1.165) is 13.0 Å². The van der Waals surface area contributed by atoms with Gasteiger partial charge in [0, 0.05) is 17.5 Å². The van der Waals surface area contributed by atoms with E-state index in [1.54, 1.807) is 11.3 Å². The zero-order chi connectivity index (χ0) is 11.1. The number of hydrogen-bond acceptors (Lipinski definition) is 3. The number of hydrogen-bond donors (Lipinski definition) is 2. The molecule has 0 radical (unpaired) electrons. The second-order valence-electron chi connectivity index (χ2n) is 3.56. The van der Waals surface area contributed by atoms with Crippen LogP contribution in [0.5, 0.6) is 0 Å². The minimum absolute atomic E-state index is 0.0703. The summed E-state index contributed by atoms with van der Waals surface area (Å²) in [7, 11) is 0. The summed E-state index contributed by atoms with van der Waals surface area (Å²) in [6.45, 7) is 5.23. The summed E-state index contributed by atoms with van der Waals surface area (Å²) >= 11 is 1.70. The lowest BCUT2D eigenvalue weighted by Gasteiger charge is -2.11. The van der Waals surface area contributed by atoms with E-state index in [1.165, 1.54) is 4.88 Å². The molecule has 0 saturated heterocycles. The molecular weight excluding hydrogens is 208 g/mol. The maximum absolute atomic E-state index is 11.4. The number of thiophene rings is 1. The van der Waals surface area contributed by atoms with Crippen molar-refractivity contribution in [3.8, 4) is 0 Å². The Labute approximate surface area is 94.9 Å². The zero-order valence-electron chi connectivity index (χ0n) is 9.25. The van der Waals surface area contributed by atoms with E-state index in [2.05, 4.69) is 23.6 Å². The van der Waals surface area contributed by atoms with Crippen molar-refractivity contribution < 1.29 is 4.79 Å².